The zero-order chi connectivity index (χ0) is 15.6. The molecule has 0 spiro atoms. The lowest BCUT2D eigenvalue weighted by atomic mass is 9.84. The van der Waals surface area contributed by atoms with Crippen LogP contribution in [0.5, 0.6) is 0 Å². The Morgan fingerprint density at radius 1 is 1.05 bits per heavy atom. The molecule has 0 fully saturated rings. The number of ketones is 1. The van der Waals surface area contributed by atoms with E-state index in [1.54, 1.807) is 11.8 Å². The summed E-state index contributed by atoms with van der Waals surface area (Å²) in [5.41, 5.74) is 2.38. The van der Waals surface area contributed by atoms with Crippen LogP contribution in [0.4, 0.5) is 0 Å². The van der Waals surface area contributed by atoms with E-state index in [-0.39, 0.29) is 11.3 Å². The number of hydrogen-bond acceptors (Lipinski definition) is 3. The van der Waals surface area contributed by atoms with E-state index in [2.05, 4.69) is 36.5 Å². The highest BCUT2D eigenvalue weighted by molar-refractivity contribution is 8.02. The molecule has 1 atom stereocenters. The number of carbonyl (C=O) groups excluding carboxylic acids is 1. The minimum Gasteiger partial charge on any atom is -0.296 e. The summed E-state index contributed by atoms with van der Waals surface area (Å²) in [6.07, 6.45) is 2.20. The third-order valence-corrected chi connectivity index (χ3v) is 5.15. The fraction of sp³-hybridized carbons (Fsp3) is 0.211. The maximum atomic E-state index is 12.9. The molecule has 1 aliphatic heterocycles. The number of rotatable bonds is 4. The molecule has 0 bridgehead atoms. The number of nitrogens with zero attached hydrogens (tertiary/aromatic N) is 1. The molecule has 1 aliphatic rings. The largest absolute Gasteiger partial charge is 0.296 e. The van der Waals surface area contributed by atoms with Crippen molar-refractivity contribution in [2.75, 3.05) is 19.8 Å². The molecule has 0 N–H and O–H groups in total. The summed E-state index contributed by atoms with van der Waals surface area (Å²) >= 11 is 1.79. The maximum absolute atomic E-state index is 12.9. The second-order valence-electron chi connectivity index (χ2n) is 5.67. The van der Waals surface area contributed by atoms with Crippen LogP contribution in [0.25, 0.3) is 0 Å². The van der Waals surface area contributed by atoms with Crippen molar-refractivity contribution in [2.24, 2.45) is 0 Å². The minimum atomic E-state index is -0.217. The number of hydrogen-bond donors (Lipinski definition) is 0. The first-order chi connectivity index (χ1) is 10.6. The zero-order valence-electron chi connectivity index (χ0n) is 12.8. The van der Waals surface area contributed by atoms with Crippen molar-refractivity contribution in [1.29, 1.82) is 0 Å². The molecule has 2 aromatic rings. The highest BCUT2D eigenvalue weighted by Gasteiger charge is 2.37. The standard InChI is InChI=1S/C19H19NOS/c1-20(2)19(12-13-22-14-19)17-11-7-6-10-16(17)18(21)15-8-4-3-5-9-15/h3-13H,14H2,1-2H3. The van der Waals surface area contributed by atoms with Gasteiger partial charge in [-0.15, -0.1) is 11.8 Å². The first-order valence-corrected chi connectivity index (χ1v) is 8.36. The van der Waals surface area contributed by atoms with Gasteiger partial charge in [0, 0.05) is 16.9 Å². The summed E-state index contributed by atoms with van der Waals surface area (Å²) in [6.45, 7) is 0. The molecule has 1 unspecified atom stereocenters. The Hall–Kier alpha value is -1.84. The second-order valence-corrected chi connectivity index (χ2v) is 6.57. The summed E-state index contributed by atoms with van der Waals surface area (Å²) in [4.78, 5) is 15.1. The molecule has 1 heterocycles. The van der Waals surface area contributed by atoms with Crippen LogP contribution >= 0.6 is 11.8 Å². The van der Waals surface area contributed by atoms with Gasteiger partial charge < -0.3 is 0 Å². The van der Waals surface area contributed by atoms with Crippen molar-refractivity contribution >= 4 is 17.5 Å². The summed E-state index contributed by atoms with van der Waals surface area (Å²) < 4.78 is 0. The van der Waals surface area contributed by atoms with Crippen molar-refractivity contribution in [3.05, 3.63) is 82.8 Å². The van der Waals surface area contributed by atoms with Gasteiger partial charge in [0.05, 0.1) is 5.54 Å². The highest BCUT2D eigenvalue weighted by atomic mass is 32.2. The molecule has 3 heteroatoms. The fourth-order valence-electron chi connectivity index (χ4n) is 2.87. The first-order valence-electron chi connectivity index (χ1n) is 7.31. The number of thioether (sulfide) groups is 1. The van der Waals surface area contributed by atoms with Crippen molar-refractivity contribution in [3.63, 3.8) is 0 Å². The molecule has 2 aromatic carbocycles. The SMILES string of the molecule is CN(C)C1(c2ccccc2C(=O)c2ccccc2)C=CSC1. The molecule has 0 aromatic heterocycles. The van der Waals surface area contributed by atoms with Gasteiger partial charge in [-0.1, -0.05) is 60.7 Å². The normalized spacial score (nSPS) is 20.5. The van der Waals surface area contributed by atoms with E-state index < -0.39 is 0 Å². The van der Waals surface area contributed by atoms with Crippen LogP contribution in [-0.4, -0.2) is 30.5 Å². The molecule has 0 aliphatic carbocycles. The van der Waals surface area contributed by atoms with Gasteiger partial charge in [0.2, 0.25) is 0 Å². The van der Waals surface area contributed by atoms with E-state index >= 15 is 0 Å². The molecule has 112 valence electrons. The summed E-state index contributed by atoms with van der Waals surface area (Å²) in [5, 5.41) is 2.13. The monoisotopic (exact) mass is 309 g/mol. The van der Waals surface area contributed by atoms with Gasteiger partial charge in [0.15, 0.2) is 5.78 Å². The van der Waals surface area contributed by atoms with Gasteiger partial charge in [0.25, 0.3) is 0 Å². The Labute approximate surface area is 135 Å². The van der Waals surface area contributed by atoms with Crippen LogP contribution in [0.2, 0.25) is 0 Å². The topological polar surface area (TPSA) is 20.3 Å². The molecule has 22 heavy (non-hydrogen) atoms. The van der Waals surface area contributed by atoms with Crippen LogP contribution in [-0.2, 0) is 5.54 Å². The molecule has 3 rings (SSSR count). The molecular formula is C19H19NOS. The number of likely N-dealkylation sites (N-methyl/N-ethyl adjacent to an activating group) is 1. The molecule has 0 amide bonds. The van der Waals surface area contributed by atoms with Gasteiger partial charge in [-0.2, -0.15) is 0 Å². The van der Waals surface area contributed by atoms with Gasteiger partial charge >= 0.3 is 0 Å². The van der Waals surface area contributed by atoms with E-state index in [4.69, 9.17) is 0 Å². The van der Waals surface area contributed by atoms with Crippen molar-refractivity contribution in [3.8, 4) is 0 Å². The Balaban J connectivity index is 2.11. The van der Waals surface area contributed by atoms with Crippen LogP contribution in [0, 0.1) is 0 Å². The second kappa shape index (κ2) is 6.11. The summed E-state index contributed by atoms with van der Waals surface area (Å²) in [5.74, 6) is 1.02. The molecule has 2 nitrogen and oxygen atoms in total. The predicted molar refractivity (Wildman–Crippen MR) is 93.3 cm³/mol. The zero-order valence-corrected chi connectivity index (χ0v) is 13.6. The predicted octanol–water partition coefficient (Wildman–Crippen LogP) is 3.94. The maximum Gasteiger partial charge on any atom is 0.193 e. The van der Waals surface area contributed by atoms with Crippen molar-refractivity contribution < 1.29 is 4.79 Å². The summed E-state index contributed by atoms with van der Waals surface area (Å²) in [6, 6.07) is 17.5. The van der Waals surface area contributed by atoms with Gasteiger partial charge in [0.1, 0.15) is 0 Å². The Morgan fingerprint density at radius 2 is 1.73 bits per heavy atom. The van der Waals surface area contributed by atoms with E-state index in [0.717, 1.165) is 22.4 Å². The molecule has 0 saturated carbocycles. The Kier molecular flexibility index (Phi) is 4.19. The first kappa shape index (κ1) is 15.1. The minimum absolute atomic E-state index is 0.0859. The third kappa shape index (κ3) is 2.51. The quantitative estimate of drug-likeness (QED) is 0.798. The Bertz CT molecular complexity index is 708. The summed E-state index contributed by atoms with van der Waals surface area (Å²) in [7, 11) is 4.14. The van der Waals surface area contributed by atoms with E-state index in [9.17, 15) is 4.79 Å². The van der Waals surface area contributed by atoms with Crippen LogP contribution in [0.15, 0.2) is 66.1 Å². The number of carbonyl (C=O) groups is 1. The van der Waals surface area contributed by atoms with Crippen LogP contribution in [0.1, 0.15) is 21.5 Å². The van der Waals surface area contributed by atoms with Crippen molar-refractivity contribution in [1.82, 2.24) is 4.90 Å². The van der Waals surface area contributed by atoms with Gasteiger partial charge in [-0.25, -0.2) is 0 Å². The average Bonchev–Trinajstić information content (AvgIpc) is 3.06. The average molecular weight is 309 g/mol. The van der Waals surface area contributed by atoms with Crippen LogP contribution < -0.4 is 0 Å². The van der Waals surface area contributed by atoms with Crippen LogP contribution in [0.3, 0.4) is 0 Å². The third-order valence-electron chi connectivity index (χ3n) is 4.22. The van der Waals surface area contributed by atoms with Gasteiger partial charge in [-0.3, -0.25) is 9.69 Å². The highest BCUT2D eigenvalue weighted by Crippen LogP contribution is 2.40. The molecule has 0 saturated heterocycles. The number of benzene rings is 2. The Morgan fingerprint density at radius 3 is 2.36 bits per heavy atom. The van der Waals surface area contributed by atoms with Gasteiger partial charge in [-0.05, 0) is 25.1 Å². The molecule has 0 radical (unpaired) electrons. The molecular weight excluding hydrogens is 290 g/mol. The van der Waals surface area contributed by atoms with E-state index in [1.165, 1.54) is 0 Å². The lowest BCUT2D eigenvalue weighted by Crippen LogP contribution is -2.41. The fourth-order valence-corrected chi connectivity index (χ4v) is 4.06. The van der Waals surface area contributed by atoms with Crippen molar-refractivity contribution in [2.45, 2.75) is 5.54 Å². The smallest absolute Gasteiger partial charge is 0.193 e. The van der Waals surface area contributed by atoms with E-state index in [1.807, 2.05) is 48.5 Å². The lowest BCUT2D eigenvalue weighted by Gasteiger charge is -2.36. The lowest BCUT2D eigenvalue weighted by molar-refractivity contribution is 0.103. The van der Waals surface area contributed by atoms with E-state index in [0.29, 0.717) is 0 Å².